The van der Waals surface area contributed by atoms with Crippen molar-refractivity contribution in [2.45, 2.75) is 19.3 Å². The van der Waals surface area contributed by atoms with Crippen LogP contribution in [0.15, 0.2) is 60.7 Å². The summed E-state index contributed by atoms with van der Waals surface area (Å²) in [6.45, 7) is 1.30. The van der Waals surface area contributed by atoms with Gasteiger partial charge < -0.3 is 14.8 Å². The van der Waals surface area contributed by atoms with Crippen LogP contribution in [0.1, 0.15) is 23.4 Å². The molecule has 0 aliphatic carbocycles. The van der Waals surface area contributed by atoms with E-state index < -0.39 is 0 Å². The Morgan fingerprint density at radius 2 is 1.83 bits per heavy atom. The van der Waals surface area contributed by atoms with Crippen LogP contribution in [-0.2, 0) is 12.8 Å². The van der Waals surface area contributed by atoms with E-state index in [1.54, 1.807) is 0 Å². The van der Waals surface area contributed by atoms with Gasteiger partial charge in [0.25, 0.3) is 0 Å². The van der Waals surface area contributed by atoms with Gasteiger partial charge in [0.15, 0.2) is 23.0 Å². The van der Waals surface area contributed by atoms with Crippen LogP contribution >= 0.6 is 0 Å². The lowest BCUT2D eigenvalue weighted by Crippen LogP contribution is -2.08. The Morgan fingerprint density at radius 3 is 2.77 bits per heavy atom. The number of aromatic nitrogens is 3. The van der Waals surface area contributed by atoms with Crippen molar-refractivity contribution < 1.29 is 9.47 Å². The Kier molecular flexibility index (Phi) is 5.07. The predicted molar refractivity (Wildman–Crippen MR) is 116 cm³/mol. The highest BCUT2D eigenvalue weighted by Crippen LogP contribution is 2.35. The van der Waals surface area contributed by atoms with E-state index in [1.807, 2.05) is 48.0 Å². The van der Waals surface area contributed by atoms with E-state index in [9.17, 15) is 0 Å². The van der Waals surface area contributed by atoms with Crippen LogP contribution in [0, 0.1) is 0 Å². The van der Waals surface area contributed by atoms with Crippen molar-refractivity contribution >= 4 is 5.65 Å². The number of nitrogens with one attached hydrogen (secondary N) is 1. The molecule has 5 rings (SSSR count). The minimum absolute atomic E-state index is 0.268. The second-order valence-electron chi connectivity index (χ2n) is 7.48. The van der Waals surface area contributed by atoms with E-state index in [4.69, 9.17) is 19.6 Å². The Hall–Kier alpha value is -3.38. The van der Waals surface area contributed by atoms with Crippen molar-refractivity contribution in [1.29, 1.82) is 0 Å². The largest absolute Gasteiger partial charge is 0.454 e. The van der Waals surface area contributed by atoms with Gasteiger partial charge >= 0.3 is 0 Å². The number of pyridine rings is 1. The quantitative estimate of drug-likeness (QED) is 0.477. The molecular formula is C24H24N4O2. The number of hydrogen-bond acceptors (Lipinski definition) is 5. The van der Waals surface area contributed by atoms with Crippen molar-refractivity contribution in [2.75, 3.05) is 20.4 Å². The zero-order chi connectivity index (χ0) is 20.3. The molecule has 0 saturated heterocycles. The zero-order valence-electron chi connectivity index (χ0n) is 17.0. The zero-order valence-corrected chi connectivity index (χ0v) is 17.0. The van der Waals surface area contributed by atoms with Gasteiger partial charge in [0.2, 0.25) is 6.79 Å². The molecular weight excluding hydrogens is 376 g/mol. The van der Waals surface area contributed by atoms with Crippen molar-refractivity contribution in [2.24, 2.45) is 0 Å². The molecule has 0 bridgehead atoms. The van der Waals surface area contributed by atoms with E-state index >= 15 is 0 Å². The Bertz CT molecular complexity index is 1190. The van der Waals surface area contributed by atoms with Crippen LogP contribution in [0.2, 0.25) is 0 Å². The number of fused-ring (bicyclic) bond motifs is 2. The van der Waals surface area contributed by atoms with Gasteiger partial charge in [0.05, 0.1) is 5.69 Å². The molecule has 0 fully saturated rings. The third kappa shape index (κ3) is 3.74. The fourth-order valence-electron chi connectivity index (χ4n) is 3.85. The molecule has 1 N–H and O–H groups in total. The first-order valence-electron chi connectivity index (χ1n) is 10.3. The SMILES string of the molecule is CNCCCc1cccc(Cc2nc3cccc(-c4ccc5c(c4)OCO5)n3n2)c1. The second kappa shape index (κ2) is 8.16. The minimum atomic E-state index is 0.268. The first-order valence-corrected chi connectivity index (χ1v) is 10.3. The second-order valence-corrected chi connectivity index (χ2v) is 7.48. The van der Waals surface area contributed by atoms with Gasteiger partial charge in [-0.25, -0.2) is 9.50 Å². The molecule has 0 radical (unpaired) electrons. The highest BCUT2D eigenvalue weighted by molar-refractivity contribution is 5.67. The average Bonchev–Trinajstić information content (AvgIpc) is 3.39. The number of ether oxygens (including phenoxy) is 2. The van der Waals surface area contributed by atoms with E-state index in [1.165, 1.54) is 11.1 Å². The number of rotatable bonds is 7. The van der Waals surface area contributed by atoms with Crippen LogP contribution < -0.4 is 14.8 Å². The summed E-state index contributed by atoms with van der Waals surface area (Å²) in [6.07, 6.45) is 2.91. The highest BCUT2D eigenvalue weighted by Gasteiger charge is 2.16. The van der Waals surface area contributed by atoms with Crippen molar-refractivity contribution in [1.82, 2.24) is 19.9 Å². The summed E-state index contributed by atoms with van der Waals surface area (Å²) < 4.78 is 12.9. The third-order valence-electron chi connectivity index (χ3n) is 5.32. The summed E-state index contributed by atoms with van der Waals surface area (Å²) in [7, 11) is 1.99. The van der Waals surface area contributed by atoms with Crippen LogP contribution in [0.25, 0.3) is 16.9 Å². The Morgan fingerprint density at radius 1 is 0.967 bits per heavy atom. The molecule has 152 valence electrons. The topological polar surface area (TPSA) is 60.7 Å². The van der Waals surface area contributed by atoms with E-state index in [-0.39, 0.29) is 6.79 Å². The summed E-state index contributed by atoms with van der Waals surface area (Å²) in [5.74, 6) is 2.36. The monoisotopic (exact) mass is 400 g/mol. The van der Waals surface area contributed by atoms with Gasteiger partial charge in [-0.15, -0.1) is 0 Å². The predicted octanol–water partition coefficient (Wildman–Crippen LogP) is 3.87. The molecule has 30 heavy (non-hydrogen) atoms. The lowest BCUT2D eigenvalue weighted by atomic mass is 10.0. The summed E-state index contributed by atoms with van der Waals surface area (Å²) in [5.41, 5.74) is 5.42. The maximum atomic E-state index is 5.53. The maximum absolute atomic E-state index is 5.53. The molecule has 2 aromatic heterocycles. The summed E-state index contributed by atoms with van der Waals surface area (Å²) >= 11 is 0. The molecule has 4 aromatic rings. The number of benzene rings is 2. The normalized spacial score (nSPS) is 12.6. The average molecular weight is 400 g/mol. The van der Waals surface area contributed by atoms with E-state index in [0.29, 0.717) is 6.42 Å². The van der Waals surface area contributed by atoms with Crippen molar-refractivity contribution in [3.8, 4) is 22.8 Å². The van der Waals surface area contributed by atoms with Gasteiger partial charge in [-0.2, -0.15) is 5.10 Å². The number of nitrogens with zero attached hydrogens (tertiary/aromatic N) is 3. The Balaban J connectivity index is 1.42. The van der Waals surface area contributed by atoms with Gasteiger partial charge in [-0.3, -0.25) is 0 Å². The molecule has 1 aliphatic heterocycles. The molecule has 0 amide bonds. The van der Waals surface area contributed by atoms with Crippen molar-refractivity contribution in [3.63, 3.8) is 0 Å². The lowest BCUT2D eigenvalue weighted by molar-refractivity contribution is 0.174. The van der Waals surface area contributed by atoms with Crippen LogP contribution in [0.5, 0.6) is 11.5 Å². The summed E-state index contributed by atoms with van der Waals surface area (Å²) in [6, 6.07) is 20.7. The van der Waals surface area contributed by atoms with Gasteiger partial charge in [0, 0.05) is 12.0 Å². The first-order chi connectivity index (χ1) is 14.8. The fraction of sp³-hybridized carbons (Fsp3) is 0.250. The van der Waals surface area contributed by atoms with Crippen molar-refractivity contribution in [3.05, 3.63) is 77.6 Å². The molecule has 0 spiro atoms. The number of aryl methyl sites for hydroxylation is 1. The molecule has 0 unspecified atom stereocenters. The summed E-state index contributed by atoms with van der Waals surface area (Å²) in [4.78, 5) is 4.76. The van der Waals surface area contributed by atoms with Gasteiger partial charge in [-0.1, -0.05) is 30.3 Å². The molecule has 1 aliphatic rings. The molecule has 6 heteroatoms. The van der Waals surface area contributed by atoms with Crippen LogP contribution in [0.3, 0.4) is 0 Å². The fourth-order valence-corrected chi connectivity index (χ4v) is 3.85. The molecule has 2 aromatic carbocycles. The molecule has 6 nitrogen and oxygen atoms in total. The van der Waals surface area contributed by atoms with Gasteiger partial charge in [-0.05, 0) is 67.9 Å². The number of hydrogen-bond donors (Lipinski definition) is 1. The standard InChI is InChI=1S/C24H24N4O2/c1-25-12-4-7-17-5-2-6-18(13-17)14-23-26-24-9-3-8-20(28(24)27-23)19-10-11-21-22(15-19)30-16-29-21/h2-3,5-6,8-11,13,15,25H,4,7,12,14,16H2,1H3. The molecule has 3 heterocycles. The first kappa shape index (κ1) is 18.6. The smallest absolute Gasteiger partial charge is 0.231 e. The van der Waals surface area contributed by atoms with Crippen LogP contribution in [0.4, 0.5) is 0 Å². The molecule has 0 saturated carbocycles. The van der Waals surface area contributed by atoms with Gasteiger partial charge in [0.1, 0.15) is 0 Å². The minimum Gasteiger partial charge on any atom is -0.454 e. The van der Waals surface area contributed by atoms with E-state index in [2.05, 4.69) is 29.6 Å². The summed E-state index contributed by atoms with van der Waals surface area (Å²) in [5, 5.41) is 8.01. The molecule has 0 atom stereocenters. The highest BCUT2D eigenvalue weighted by atomic mass is 16.7. The Labute approximate surface area is 175 Å². The lowest BCUT2D eigenvalue weighted by Gasteiger charge is -2.05. The van der Waals surface area contributed by atoms with Crippen LogP contribution in [-0.4, -0.2) is 35.0 Å². The van der Waals surface area contributed by atoms with E-state index in [0.717, 1.165) is 53.6 Å². The maximum Gasteiger partial charge on any atom is 0.231 e. The third-order valence-corrected chi connectivity index (χ3v) is 5.32.